The predicted octanol–water partition coefficient (Wildman–Crippen LogP) is 3.21. The van der Waals surface area contributed by atoms with Gasteiger partial charge in [0.15, 0.2) is 0 Å². The summed E-state index contributed by atoms with van der Waals surface area (Å²) in [5.41, 5.74) is 1.20. The Morgan fingerprint density at radius 3 is 2.44 bits per heavy atom. The minimum atomic E-state index is -0.576. The lowest BCUT2D eigenvalue weighted by molar-refractivity contribution is -0.119. The quantitative estimate of drug-likeness (QED) is 0.913. The summed E-state index contributed by atoms with van der Waals surface area (Å²) in [7, 11) is 1.59. The number of halogens is 1. The number of para-hydroxylation sites is 1. The van der Waals surface area contributed by atoms with Crippen molar-refractivity contribution in [3.05, 3.63) is 65.2 Å². The first kappa shape index (κ1) is 17.5. The highest BCUT2D eigenvalue weighted by Crippen LogP contribution is 2.24. The summed E-state index contributed by atoms with van der Waals surface area (Å²) in [6.07, 6.45) is 0.303. The van der Waals surface area contributed by atoms with E-state index in [0.29, 0.717) is 29.2 Å². The number of nitrogens with zero attached hydrogens (tertiary/aromatic N) is 1. The van der Waals surface area contributed by atoms with Crippen LogP contribution in [0.3, 0.4) is 0 Å². The summed E-state index contributed by atoms with van der Waals surface area (Å²) < 4.78 is 5.38. The van der Waals surface area contributed by atoms with E-state index in [1.807, 2.05) is 30.3 Å². The van der Waals surface area contributed by atoms with Crippen LogP contribution in [0, 0.1) is 0 Å². The second-order valence-electron chi connectivity index (χ2n) is 5.93. The zero-order valence-electron chi connectivity index (χ0n) is 13.8. The fraction of sp³-hybridized carbons (Fsp3) is 0.263. The van der Waals surface area contributed by atoms with Gasteiger partial charge in [-0.25, -0.2) is 0 Å². The molecule has 1 N–H and O–H groups in total. The van der Waals surface area contributed by atoms with Crippen molar-refractivity contribution in [1.82, 2.24) is 4.90 Å². The maximum Gasteiger partial charge on any atom is 0.254 e. The highest BCUT2D eigenvalue weighted by molar-refractivity contribution is 6.30. The monoisotopic (exact) mass is 358 g/mol. The van der Waals surface area contributed by atoms with Crippen molar-refractivity contribution in [2.24, 2.45) is 0 Å². The molecular formula is C19H19ClN2O3. The van der Waals surface area contributed by atoms with Gasteiger partial charge in [-0.2, -0.15) is 0 Å². The van der Waals surface area contributed by atoms with E-state index in [-0.39, 0.29) is 17.9 Å². The van der Waals surface area contributed by atoms with E-state index >= 15 is 0 Å². The summed E-state index contributed by atoms with van der Waals surface area (Å²) in [6.45, 7) is 0.380. The molecule has 3 rings (SSSR count). The lowest BCUT2D eigenvalue weighted by Crippen LogP contribution is -2.43. The zero-order valence-corrected chi connectivity index (χ0v) is 14.6. The number of hydrogen-bond acceptors (Lipinski definition) is 3. The molecule has 130 valence electrons. The Morgan fingerprint density at radius 2 is 1.80 bits per heavy atom. The Labute approximate surface area is 151 Å². The summed E-state index contributed by atoms with van der Waals surface area (Å²) in [6, 6.07) is 15.3. The molecule has 1 aliphatic rings. The molecule has 2 aromatic rings. The van der Waals surface area contributed by atoms with Crippen LogP contribution in [0.25, 0.3) is 0 Å². The first-order valence-electron chi connectivity index (χ1n) is 8.03. The molecule has 2 aromatic carbocycles. The number of likely N-dealkylation sites (tertiary alicyclic amines) is 1. The largest absolute Gasteiger partial charge is 0.380 e. The van der Waals surface area contributed by atoms with Gasteiger partial charge in [-0.3, -0.25) is 9.59 Å². The van der Waals surface area contributed by atoms with Crippen molar-refractivity contribution in [1.29, 1.82) is 0 Å². The van der Waals surface area contributed by atoms with E-state index in [1.54, 1.807) is 36.3 Å². The molecule has 2 unspecified atom stereocenters. The van der Waals surface area contributed by atoms with Crippen LogP contribution in [0.1, 0.15) is 16.8 Å². The number of hydrogen-bond donors (Lipinski definition) is 1. The number of carbonyl (C=O) groups is 2. The number of amides is 2. The van der Waals surface area contributed by atoms with Crippen molar-refractivity contribution in [2.45, 2.75) is 18.6 Å². The third-order valence-electron chi connectivity index (χ3n) is 4.29. The van der Waals surface area contributed by atoms with Gasteiger partial charge in [0.1, 0.15) is 6.04 Å². The minimum Gasteiger partial charge on any atom is -0.380 e. The third-order valence-corrected chi connectivity index (χ3v) is 4.54. The molecule has 0 radical (unpaired) electrons. The Balaban J connectivity index is 1.79. The maximum absolute atomic E-state index is 12.8. The minimum absolute atomic E-state index is 0.164. The molecule has 0 spiro atoms. The highest BCUT2D eigenvalue weighted by atomic mass is 35.5. The third kappa shape index (κ3) is 4.00. The van der Waals surface area contributed by atoms with Gasteiger partial charge in [0.25, 0.3) is 5.91 Å². The normalized spacial score (nSPS) is 19.7. The molecule has 0 aromatic heterocycles. The lowest BCUT2D eigenvalue weighted by atomic mass is 10.1. The second-order valence-corrected chi connectivity index (χ2v) is 6.37. The summed E-state index contributed by atoms with van der Waals surface area (Å²) in [5, 5.41) is 3.43. The van der Waals surface area contributed by atoms with Gasteiger partial charge < -0.3 is 15.0 Å². The number of carbonyl (C=O) groups excluding carboxylic acids is 2. The lowest BCUT2D eigenvalue weighted by Gasteiger charge is -2.23. The molecule has 1 heterocycles. The van der Waals surface area contributed by atoms with E-state index in [9.17, 15) is 9.59 Å². The predicted molar refractivity (Wildman–Crippen MR) is 96.8 cm³/mol. The maximum atomic E-state index is 12.8. The van der Waals surface area contributed by atoms with Crippen LogP contribution in [0.4, 0.5) is 5.69 Å². The molecule has 2 atom stereocenters. The highest BCUT2D eigenvalue weighted by Gasteiger charge is 2.40. The number of ether oxygens (including phenoxy) is 1. The first-order valence-corrected chi connectivity index (χ1v) is 8.41. The summed E-state index contributed by atoms with van der Waals surface area (Å²) >= 11 is 5.88. The van der Waals surface area contributed by atoms with Crippen LogP contribution in [0.2, 0.25) is 5.02 Å². The summed E-state index contributed by atoms with van der Waals surface area (Å²) in [5.74, 6) is -0.419. The van der Waals surface area contributed by atoms with Crippen LogP contribution in [-0.4, -0.2) is 42.5 Å². The average molecular weight is 359 g/mol. The topological polar surface area (TPSA) is 58.6 Å². The van der Waals surface area contributed by atoms with Crippen LogP contribution < -0.4 is 5.32 Å². The van der Waals surface area contributed by atoms with Gasteiger partial charge >= 0.3 is 0 Å². The standard InChI is InChI=1S/C19H19ClN2O3/c1-25-16-11-17(18(23)21-15-5-3-2-4-6-15)22(12-16)19(24)13-7-9-14(20)10-8-13/h2-10,16-17H,11-12H2,1H3,(H,21,23). The molecule has 0 aliphatic carbocycles. The fourth-order valence-electron chi connectivity index (χ4n) is 2.95. The molecule has 1 fully saturated rings. The van der Waals surface area contributed by atoms with E-state index in [4.69, 9.17) is 16.3 Å². The number of anilines is 1. The van der Waals surface area contributed by atoms with E-state index < -0.39 is 6.04 Å². The fourth-order valence-corrected chi connectivity index (χ4v) is 3.07. The average Bonchev–Trinajstić information content (AvgIpc) is 3.07. The smallest absolute Gasteiger partial charge is 0.254 e. The Kier molecular flexibility index (Phi) is 5.36. The molecule has 1 saturated heterocycles. The zero-order chi connectivity index (χ0) is 17.8. The SMILES string of the molecule is COC1CC(C(=O)Nc2ccccc2)N(C(=O)c2ccc(Cl)cc2)C1. The second kappa shape index (κ2) is 7.68. The van der Waals surface area contributed by atoms with E-state index in [1.165, 1.54) is 0 Å². The molecule has 25 heavy (non-hydrogen) atoms. The van der Waals surface area contributed by atoms with Crippen molar-refractivity contribution in [3.63, 3.8) is 0 Å². The van der Waals surface area contributed by atoms with Crippen LogP contribution >= 0.6 is 11.6 Å². The van der Waals surface area contributed by atoms with E-state index in [0.717, 1.165) is 0 Å². The Hall–Kier alpha value is -2.37. The van der Waals surface area contributed by atoms with Crippen molar-refractivity contribution < 1.29 is 14.3 Å². The number of methoxy groups -OCH3 is 1. The Bertz CT molecular complexity index is 749. The molecule has 6 heteroatoms. The van der Waals surface area contributed by atoms with Gasteiger partial charge in [-0.1, -0.05) is 29.8 Å². The number of rotatable bonds is 4. The molecule has 5 nitrogen and oxygen atoms in total. The van der Waals surface area contributed by atoms with E-state index in [2.05, 4.69) is 5.32 Å². The van der Waals surface area contributed by atoms with Gasteiger partial charge in [-0.05, 0) is 36.4 Å². The molecule has 2 amide bonds. The van der Waals surface area contributed by atoms with Gasteiger partial charge in [0.05, 0.1) is 6.10 Å². The van der Waals surface area contributed by atoms with Crippen molar-refractivity contribution in [3.8, 4) is 0 Å². The molecular weight excluding hydrogens is 340 g/mol. The Morgan fingerprint density at radius 1 is 1.12 bits per heavy atom. The van der Waals surface area contributed by atoms with Crippen LogP contribution in [0.5, 0.6) is 0 Å². The molecule has 0 saturated carbocycles. The summed E-state index contributed by atoms with van der Waals surface area (Å²) in [4.78, 5) is 27.1. The van der Waals surface area contributed by atoms with Gasteiger partial charge in [-0.15, -0.1) is 0 Å². The van der Waals surface area contributed by atoms with Gasteiger partial charge in [0.2, 0.25) is 5.91 Å². The van der Waals surface area contributed by atoms with Crippen LogP contribution in [-0.2, 0) is 9.53 Å². The first-order chi connectivity index (χ1) is 12.1. The van der Waals surface area contributed by atoms with Crippen molar-refractivity contribution >= 4 is 29.1 Å². The number of benzene rings is 2. The molecule has 0 bridgehead atoms. The van der Waals surface area contributed by atoms with Crippen molar-refractivity contribution in [2.75, 3.05) is 19.0 Å². The van der Waals surface area contributed by atoms with Crippen LogP contribution in [0.15, 0.2) is 54.6 Å². The number of nitrogens with one attached hydrogen (secondary N) is 1. The van der Waals surface area contributed by atoms with Gasteiger partial charge in [0, 0.05) is 36.3 Å². The molecule has 1 aliphatic heterocycles.